The van der Waals surface area contributed by atoms with Gasteiger partial charge in [0.2, 0.25) is 6.10 Å². The topological polar surface area (TPSA) is 82.1 Å². The van der Waals surface area contributed by atoms with Gasteiger partial charge in [-0.15, -0.1) is 0 Å². The fraction of sp³-hybridized carbons (Fsp3) is 0.500. The summed E-state index contributed by atoms with van der Waals surface area (Å²) in [6, 6.07) is 5.35. The minimum atomic E-state index is -1.53. The standard InChI is InChI=1S/C18H22FNO6/c1-11(21)25-15(17(23)26-18(2,3)4)14-16(22)20(9-10-24-14)13-7-5-12(19)6-8-13/h5-8,14-15H,9-10H2,1-4H3. The Hall–Kier alpha value is -2.48. The number of hydrogen-bond donors (Lipinski definition) is 0. The third-order valence-electron chi connectivity index (χ3n) is 3.47. The van der Waals surface area contributed by atoms with E-state index in [0.717, 1.165) is 6.92 Å². The van der Waals surface area contributed by atoms with E-state index in [1.165, 1.54) is 29.2 Å². The van der Waals surface area contributed by atoms with Crippen LogP contribution in [0.15, 0.2) is 24.3 Å². The molecule has 0 radical (unpaired) electrons. The van der Waals surface area contributed by atoms with Gasteiger partial charge in [-0.05, 0) is 45.0 Å². The van der Waals surface area contributed by atoms with Gasteiger partial charge in [0.25, 0.3) is 5.91 Å². The van der Waals surface area contributed by atoms with Crippen LogP contribution in [0.5, 0.6) is 0 Å². The van der Waals surface area contributed by atoms with Gasteiger partial charge in [-0.3, -0.25) is 9.59 Å². The van der Waals surface area contributed by atoms with Crippen LogP contribution in [0, 0.1) is 5.82 Å². The van der Waals surface area contributed by atoms with Crippen molar-refractivity contribution in [3.05, 3.63) is 30.1 Å². The van der Waals surface area contributed by atoms with Crippen molar-refractivity contribution in [1.29, 1.82) is 0 Å². The van der Waals surface area contributed by atoms with Crippen LogP contribution in [0.3, 0.4) is 0 Å². The van der Waals surface area contributed by atoms with E-state index in [1.54, 1.807) is 20.8 Å². The largest absolute Gasteiger partial charge is 0.457 e. The number of rotatable bonds is 4. The zero-order valence-electron chi connectivity index (χ0n) is 15.2. The van der Waals surface area contributed by atoms with Crippen molar-refractivity contribution in [1.82, 2.24) is 0 Å². The number of ether oxygens (including phenoxy) is 3. The molecule has 26 heavy (non-hydrogen) atoms. The number of morpholine rings is 1. The van der Waals surface area contributed by atoms with Crippen molar-refractivity contribution in [2.45, 2.75) is 45.5 Å². The average molecular weight is 367 g/mol. The van der Waals surface area contributed by atoms with Gasteiger partial charge in [0, 0.05) is 19.2 Å². The lowest BCUT2D eigenvalue weighted by Gasteiger charge is -2.35. The molecule has 142 valence electrons. The fourth-order valence-corrected chi connectivity index (χ4v) is 2.47. The Kier molecular flexibility index (Phi) is 5.97. The number of nitrogens with zero attached hydrogens (tertiary/aromatic N) is 1. The molecule has 1 aliphatic rings. The minimum Gasteiger partial charge on any atom is -0.457 e. The van der Waals surface area contributed by atoms with Gasteiger partial charge in [0.1, 0.15) is 11.4 Å². The molecule has 1 amide bonds. The molecule has 0 aromatic heterocycles. The molecule has 0 saturated carbocycles. The first-order valence-electron chi connectivity index (χ1n) is 8.17. The second-order valence-corrected chi connectivity index (χ2v) is 6.82. The molecule has 1 aromatic carbocycles. The van der Waals surface area contributed by atoms with Crippen LogP contribution < -0.4 is 4.90 Å². The van der Waals surface area contributed by atoms with Crippen LogP contribution >= 0.6 is 0 Å². The maximum atomic E-state index is 13.1. The highest BCUT2D eigenvalue weighted by atomic mass is 19.1. The van der Waals surface area contributed by atoms with Gasteiger partial charge in [0.05, 0.1) is 6.61 Å². The molecule has 7 nitrogen and oxygen atoms in total. The summed E-state index contributed by atoms with van der Waals surface area (Å²) < 4.78 is 28.8. The highest BCUT2D eigenvalue weighted by molar-refractivity contribution is 6.00. The molecule has 1 saturated heterocycles. The molecule has 1 heterocycles. The molecule has 1 fully saturated rings. The predicted octanol–water partition coefficient (Wildman–Crippen LogP) is 1.83. The van der Waals surface area contributed by atoms with Crippen LogP contribution in [0.2, 0.25) is 0 Å². The van der Waals surface area contributed by atoms with Gasteiger partial charge >= 0.3 is 11.9 Å². The van der Waals surface area contributed by atoms with Crippen molar-refractivity contribution >= 4 is 23.5 Å². The lowest BCUT2D eigenvalue weighted by Crippen LogP contribution is -2.56. The van der Waals surface area contributed by atoms with Crippen molar-refractivity contribution < 1.29 is 33.0 Å². The maximum absolute atomic E-state index is 13.1. The summed E-state index contributed by atoms with van der Waals surface area (Å²) in [5.41, 5.74) is -0.375. The summed E-state index contributed by atoms with van der Waals surface area (Å²) in [5.74, 6) is -2.61. The van der Waals surface area contributed by atoms with E-state index in [9.17, 15) is 18.8 Å². The van der Waals surface area contributed by atoms with Crippen LogP contribution in [-0.2, 0) is 28.6 Å². The Labute approximate surface area is 151 Å². The Morgan fingerprint density at radius 1 is 1.27 bits per heavy atom. The predicted molar refractivity (Wildman–Crippen MR) is 89.9 cm³/mol. The summed E-state index contributed by atoms with van der Waals surface area (Å²) in [7, 11) is 0. The van der Waals surface area contributed by atoms with E-state index < -0.39 is 41.5 Å². The van der Waals surface area contributed by atoms with E-state index in [2.05, 4.69) is 0 Å². The van der Waals surface area contributed by atoms with Crippen LogP contribution in [-0.4, -0.2) is 48.8 Å². The molecule has 0 spiro atoms. The van der Waals surface area contributed by atoms with Crippen LogP contribution in [0.1, 0.15) is 27.7 Å². The van der Waals surface area contributed by atoms with Crippen LogP contribution in [0.4, 0.5) is 10.1 Å². The lowest BCUT2D eigenvalue weighted by atomic mass is 10.1. The van der Waals surface area contributed by atoms with Crippen LogP contribution in [0.25, 0.3) is 0 Å². The second kappa shape index (κ2) is 7.82. The third-order valence-corrected chi connectivity index (χ3v) is 3.47. The zero-order chi connectivity index (χ0) is 19.5. The first-order valence-corrected chi connectivity index (χ1v) is 8.17. The second-order valence-electron chi connectivity index (χ2n) is 6.82. The first-order chi connectivity index (χ1) is 12.1. The molecule has 1 aliphatic heterocycles. The molecule has 2 atom stereocenters. The summed E-state index contributed by atoms with van der Waals surface area (Å²) in [6.45, 7) is 6.44. The van der Waals surface area contributed by atoms with Gasteiger partial charge in [-0.2, -0.15) is 0 Å². The molecular formula is C18H22FNO6. The Balaban J connectivity index is 2.26. The van der Waals surface area contributed by atoms with Gasteiger partial charge < -0.3 is 19.1 Å². The molecule has 1 aromatic rings. The molecule has 0 N–H and O–H groups in total. The number of benzene rings is 1. The third kappa shape index (κ3) is 5.01. The quantitative estimate of drug-likeness (QED) is 0.755. The monoisotopic (exact) mass is 367 g/mol. The molecule has 8 heteroatoms. The Bertz CT molecular complexity index is 682. The number of esters is 2. The fourth-order valence-electron chi connectivity index (χ4n) is 2.47. The SMILES string of the molecule is CC(=O)OC(C(=O)OC(C)(C)C)C1OCCN(c2ccc(F)cc2)C1=O. The normalized spacial score (nSPS) is 19.0. The molecule has 0 bridgehead atoms. The van der Waals surface area contributed by atoms with Gasteiger partial charge in [-0.25, -0.2) is 9.18 Å². The van der Waals surface area contributed by atoms with Gasteiger partial charge in [-0.1, -0.05) is 0 Å². The maximum Gasteiger partial charge on any atom is 0.351 e. The van der Waals surface area contributed by atoms with Crippen molar-refractivity contribution in [2.75, 3.05) is 18.1 Å². The number of amides is 1. The lowest BCUT2D eigenvalue weighted by molar-refractivity contribution is -0.188. The van der Waals surface area contributed by atoms with Crippen molar-refractivity contribution in [3.8, 4) is 0 Å². The summed E-state index contributed by atoms with van der Waals surface area (Å²) >= 11 is 0. The van der Waals surface area contributed by atoms with Crippen molar-refractivity contribution in [3.63, 3.8) is 0 Å². The first kappa shape index (κ1) is 19.8. The van der Waals surface area contributed by atoms with E-state index in [-0.39, 0.29) is 13.2 Å². The Morgan fingerprint density at radius 2 is 1.88 bits per heavy atom. The van der Waals surface area contributed by atoms with E-state index in [0.29, 0.717) is 5.69 Å². The molecular weight excluding hydrogens is 345 g/mol. The molecule has 2 rings (SSSR count). The highest BCUT2D eigenvalue weighted by Crippen LogP contribution is 2.23. The highest BCUT2D eigenvalue weighted by Gasteiger charge is 2.44. The average Bonchev–Trinajstić information content (AvgIpc) is 2.52. The number of anilines is 1. The summed E-state index contributed by atoms with van der Waals surface area (Å²) in [5, 5.41) is 0. The minimum absolute atomic E-state index is 0.119. The van der Waals surface area contributed by atoms with E-state index in [1.807, 2.05) is 0 Å². The summed E-state index contributed by atoms with van der Waals surface area (Å²) in [6.07, 6.45) is -2.87. The summed E-state index contributed by atoms with van der Waals surface area (Å²) in [4.78, 5) is 38.0. The smallest absolute Gasteiger partial charge is 0.351 e. The van der Waals surface area contributed by atoms with Crippen molar-refractivity contribution in [2.24, 2.45) is 0 Å². The van der Waals surface area contributed by atoms with E-state index in [4.69, 9.17) is 14.2 Å². The van der Waals surface area contributed by atoms with E-state index >= 15 is 0 Å². The Morgan fingerprint density at radius 3 is 2.42 bits per heavy atom. The van der Waals surface area contributed by atoms with Gasteiger partial charge in [0.15, 0.2) is 6.10 Å². The number of carbonyl (C=O) groups excluding carboxylic acids is 3. The number of halogens is 1. The number of carbonyl (C=O) groups is 3. The zero-order valence-corrected chi connectivity index (χ0v) is 15.2. The molecule has 0 aliphatic carbocycles. The molecule has 2 unspecified atom stereocenters. The number of hydrogen-bond acceptors (Lipinski definition) is 6.